The Morgan fingerprint density at radius 1 is 1.27 bits per heavy atom. The van der Waals surface area contributed by atoms with E-state index in [1.807, 2.05) is 13.0 Å². The Labute approximate surface area is 90.1 Å². The maximum absolute atomic E-state index is 5.82. The molecule has 2 N–H and O–H groups in total. The van der Waals surface area contributed by atoms with Gasteiger partial charge in [-0.25, -0.2) is 0 Å². The van der Waals surface area contributed by atoms with Crippen molar-refractivity contribution in [2.24, 2.45) is 5.73 Å². The lowest BCUT2D eigenvalue weighted by Crippen LogP contribution is -2.17. The van der Waals surface area contributed by atoms with Gasteiger partial charge in [-0.15, -0.1) is 0 Å². The number of benzene rings is 1. The number of fused-ring (bicyclic) bond motifs is 1. The first-order chi connectivity index (χ1) is 7.18. The largest absolute Gasteiger partial charge is 0.464 e. The van der Waals surface area contributed by atoms with Crippen molar-refractivity contribution in [3.05, 3.63) is 36.1 Å². The number of hydrogen-bond acceptors (Lipinski definition) is 2. The zero-order chi connectivity index (χ0) is 10.8. The van der Waals surface area contributed by atoms with Gasteiger partial charge in [0.05, 0.1) is 6.26 Å². The van der Waals surface area contributed by atoms with Crippen LogP contribution in [0.15, 0.2) is 34.9 Å². The first-order valence-electron chi connectivity index (χ1n) is 5.40. The van der Waals surface area contributed by atoms with E-state index in [2.05, 4.69) is 25.1 Å². The lowest BCUT2D eigenvalue weighted by Gasteiger charge is -2.14. The van der Waals surface area contributed by atoms with Crippen LogP contribution in [0.3, 0.4) is 0 Å². The van der Waals surface area contributed by atoms with Gasteiger partial charge in [0, 0.05) is 11.4 Å². The van der Waals surface area contributed by atoms with E-state index in [0.717, 1.165) is 12.0 Å². The molecule has 2 aromatic rings. The van der Waals surface area contributed by atoms with Crippen LogP contribution < -0.4 is 5.73 Å². The number of hydrogen-bond donors (Lipinski definition) is 1. The molecule has 2 rings (SSSR count). The van der Waals surface area contributed by atoms with Crippen LogP contribution in [0.5, 0.6) is 0 Å². The topological polar surface area (TPSA) is 39.2 Å². The normalized spacial score (nSPS) is 15.4. The van der Waals surface area contributed by atoms with Crippen LogP contribution in [0, 0.1) is 0 Å². The first-order valence-corrected chi connectivity index (χ1v) is 5.40. The van der Waals surface area contributed by atoms with Gasteiger partial charge in [0.1, 0.15) is 5.58 Å². The summed E-state index contributed by atoms with van der Waals surface area (Å²) < 4.78 is 5.51. The SMILES string of the molecule is CC(N)CC(C)c1cccc2ccoc12. The minimum absolute atomic E-state index is 0.227. The van der Waals surface area contributed by atoms with Gasteiger partial charge in [0.15, 0.2) is 0 Å². The molecule has 0 aliphatic rings. The average Bonchev–Trinajstić information content (AvgIpc) is 2.63. The van der Waals surface area contributed by atoms with Gasteiger partial charge in [-0.3, -0.25) is 0 Å². The highest BCUT2D eigenvalue weighted by Crippen LogP contribution is 2.28. The molecule has 0 bridgehead atoms. The van der Waals surface area contributed by atoms with Crippen molar-refractivity contribution in [1.29, 1.82) is 0 Å². The second kappa shape index (κ2) is 4.07. The summed E-state index contributed by atoms with van der Waals surface area (Å²) in [6, 6.07) is 8.49. The van der Waals surface area contributed by atoms with Crippen LogP contribution in [0.4, 0.5) is 0 Å². The highest BCUT2D eigenvalue weighted by atomic mass is 16.3. The average molecular weight is 203 g/mol. The van der Waals surface area contributed by atoms with Crippen molar-refractivity contribution in [2.45, 2.75) is 32.2 Å². The summed E-state index contributed by atoms with van der Waals surface area (Å²) in [6.07, 6.45) is 2.73. The quantitative estimate of drug-likeness (QED) is 0.831. The lowest BCUT2D eigenvalue weighted by molar-refractivity contribution is 0.567. The summed E-state index contributed by atoms with van der Waals surface area (Å²) in [5.41, 5.74) is 8.08. The first kappa shape index (κ1) is 10.2. The van der Waals surface area contributed by atoms with Gasteiger partial charge in [-0.1, -0.05) is 25.1 Å². The number of rotatable bonds is 3. The third-order valence-electron chi connectivity index (χ3n) is 2.77. The molecule has 80 valence electrons. The van der Waals surface area contributed by atoms with Gasteiger partial charge >= 0.3 is 0 Å². The molecule has 0 aliphatic heterocycles. The van der Waals surface area contributed by atoms with E-state index in [1.54, 1.807) is 6.26 Å². The fourth-order valence-electron chi connectivity index (χ4n) is 2.09. The van der Waals surface area contributed by atoms with E-state index in [4.69, 9.17) is 10.2 Å². The van der Waals surface area contributed by atoms with Crippen molar-refractivity contribution < 1.29 is 4.42 Å². The molecule has 0 aliphatic carbocycles. The lowest BCUT2D eigenvalue weighted by atomic mass is 9.93. The molecule has 2 unspecified atom stereocenters. The minimum atomic E-state index is 0.227. The molecular formula is C13H17NO. The Morgan fingerprint density at radius 2 is 2.07 bits per heavy atom. The maximum atomic E-state index is 5.82. The second-order valence-corrected chi connectivity index (χ2v) is 4.30. The molecular weight excluding hydrogens is 186 g/mol. The van der Waals surface area contributed by atoms with Gasteiger partial charge in [-0.05, 0) is 30.9 Å². The third-order valence-corrected chi connectivity index (χ3v) is 2.77. The summed E-state index contributed by atoms with van der Waals surface area (Å²) >= 11 is 0. The molecule has 0 radical (unpaired) electrons. The van der Waals surface area contributed by atoms with Crippen molar-refractivity contribution in [1.82, 2.24) is 0 Å². The molecule has 2 heteroatoms. The molecule has 0 saturated carbocycles. The highest BCUT2D eigenvalue weighted by molar-refractivity contribution is 5.80. The summed E-state index contributed by atoms with van der Waals surface area (Å²) in [7, 11) is 0. The maximum Gasteiger partial charge on any atom is 0.137 e. The van der Waals surface area contributed by atoms with Gasteiger partial charge in [0.25, 0.3) is 0 Å². The van der Waals surface area contributed by atoms with Crippen LogP contribution in [-0.2, 0) is 0 Å². The Morgan fingerprint density at radius 3 is 2.80 bits per heavy atom. The molecule has 0 spiro atoms. The summed E-state index contributed by atoms with van der Waals surface area (Å²) in [5, 5.41) is 1.17. The van der Waals surface area contributed by atoms with Crippen molar-refractivity contribution in [3.8, 4) is 0 Å². The smallest absolute Gasteiger partial charge is 0.137 e. The van der Waals surface area contributed by atoms with Crippen LogP contribution in [-0.4, -0.2) is 6.04 Å². The Bertz CT molecular complexity index is 444. The van der Waals surface area contributed by atoms with Crippen molar-refractivity contribution in [2.75, 3.05) is 0 Å². The molecule has 2 atom stereocenters. The van der Waals surface area contributed by atoms with Crippen LogP contribution >= 0.6 is 0 Å². The number of nitrogens with two attached hydrogens (primary N) is 1. The van der Waals surface area contributed by atoms with Gasteiger partial charge in [-0.2, -0.15) is 0 Å². The molecule has 1 aromatic carbocycles. The zero-order valence-electron chi connectivity index (χ0n) is 9.23. The van der Waals surface area contributed by atoms with E-state index in [-0.39, 0.29) is 6.04 Å². The Kier molecular flexibility index (Phi) is 2.78. The molecule has 0 fully saturated rings. The zero-order valence-corrected chi connectivity index (χ0v) is 9.23. The van der Waals surface area contributed by atoms with Crippen LogP contribution in [0.1, 0.15) is 31.7 Å². The number of para-hydroxylation sites is 1. The monoisotopic (exact) mass is 203 g/mol. The van der Waals surface area contributed by atoms with Crippen LogP contribution in [0.2, 0.25) is 0 Å². The molecule has 1 aromatic heterocycles. The number of furan rings is 1. The van der Waals surface area contributed by atoms with E-state index in [9.17, 15) is 0 Å². The van der Waals surface area contributed by atoms with Crippen molar-refractivity contribution in [3.63, 3.8) is 0 Å². The molecule has 2 nitrogen and oxygen atoms in total. The Hall–Kier alpha value is -1.28. The fraction of sp³-hybridized carbons (Fsp3) is 0.385. The predicted molar refractivity (Wildman–Crippen MR) is 62.9 cm³/mol. The van der Waals surface area contributed by atoms with Crippen LogP contribution in [0.25, 0.3) is 11.0 Å². The van der Waals surface area contributed by atoms with Gasteiger partial charge < -0.3 is 10.2 Å². The predicted octanol–water partition coefficient (Wildman–Crippen LogP) is 3.27. The molecule has 0 amide bonds. The summed E-state index contributed by atoms with van der Waals surface area (Å²) in [5.74, 6) is 0.444. The molecule has 15 heavy (non-hydrogen) atoms. The minimum Gasteiger partial charge on any atom is -0.464 e. The van der Waals surface area contributed by atoms with Crippen molar-refractivity contribution >= 4 is 11.0 Å². The molecule has 1 heterocycles. The third kappa shape index (κ3) is 2.05. The molecule has 0 saturated heterocycles. The second-order valence-electron chi connectivity index (χ2n) is 4.30. The summed E-state index contributed by atoms with van der Waals surface area (Å²) in [4.78, 5) is 0. The summed E-state index contributed by atoms with van der Waals surface area (Å²) in [6.45, 7) is 4.24. The van der Waals surface area contributed by atoms with E-state index < -0.39 is 0 Å². The van der Waals surface area contributed by atoms with E-state index in [1.165, 1.54) is 10.9 Å². The van der Waals surface area contributed by atoms with E-state index >= 15 is 0 Å². The fourth-order valence-corrected chi connectivity index (χ4v) is 2.09. The Balaban J connectivity index is 2.38. The van der Waals surface area contributed by atoms with E-state index in [0.29, 0.717) is 5.92 Å². The van der Waals surface area contributed by atoms with Gasteiger partial charge in [0.2, 0.25) is 0 Å². The highest BCUT2D eigenvalue weighted by Gasteiger charge is 2.12. The standard InChI is InChI=1S/C13H17NO/c1-9(8-10(2)14)12-5-3-4-11-6-7-15-13(11)12/h3-7,9-10H,8,14H2,1-2H3.